The van der Waals surface area contributed by atoms with Crippen molar-refractivity contribution in [1.82, 2.24) is 15.0 Å². The number of rotatable bonds is 8. The fourth-order valence-electron chi connectivity index (χ4n) is 4.29. The number of alkyl halides is 2. The van der Waals surface area contributed by atoms with E-state index in [1.165, 1.54) is 19.4 Å². The molecular formula is C23H26F4N8O3S. The molecule has 0 amide bonds. The van der Waals surface area contributed by atoms with Crippen LogP contribution >= 0.6 is 0 Å². The Hall–Kier alpha value is -3.76. The van der Waals surface area contributed by atoms with Gasteiger partial charge < -0.3 is 31.9 Å². The first kappa shape index (κ1) is 28.3. The van der Waals surface area contributed by atoms with Crippen LogP contribution in [0.2, 0.25) is 0 Å². The average molecular weight is 571 g/mol. The number of benzene rings is 1. The number of piperidine rings is 1. The molecule has 210 valence electrons. The monoisotopic (exact) mass is 570 g/mol. The van der Waals surface area contributed by atoms with Gasteiger partial charge in [0.25, 0.3) is 6.43 Å². The van der Waals surface area contributed by atoms with Crippen molar-refractivity contribution in [2.45, 2.75) is 35.8 Å². The SMILES string of the molecule is COc1cc(F)c(-c2cc(S(=O)Nc3ncnc(N)c3N)c(N3CCC[C@](N)([C@H](O)C(F)F)C3)cn2)cc1F. The van der Waals surface area contributed by atoms with Gasteiger partial charge in [-0.2, -0.15) is 0 Å². The summed E-state index contributed by atoms with van der Waals surface area (Å²) in [6, 6.07) is 2.97. The molecule has 11 nitrogen and oxygen atoms in total. The number of ether oxygens (including phenoxy) is 1. The van der Waals surface area contributed by atoms with Gasteiger partial charge in [-0.15, -0.1) is 0 Å². The summed E-state index contributed by atoms with van der Waals surface area (Å²) in [6.07, 6.45) is -2.41. The van der Waals surface area contributed by atoms with Gasteiger partial charge in [0.05, 0.1) is 35.1 Å². The summed E-state index contributed by atoms with van der Waals surface area (Å²) in [4.78, 5) is 13.4. The Bertz CT molecular complexity index is 1400. The van der Waals surface area contributed by atoms with E-state index >= 15 is 0 Å². The number of hydrogen-bond acceptors (Lipinski definition) is 10. The normalized spacial score (nSPS) is 19.1. The van der Waals surface area contributed by atoms with Crippen molar-refractivity contribution in [2.24, 2.45) is 5.73 Å². The lowest BCUT2D eigenvalue weighted by Crippen LogP contribution is -2.63. The molecule has 1 aromatic carbocycles. The Kier molecular flexibility index (Phi) is 8.08. The van der Waals surface area contributed by atoms with E-state index in [0.29, 0.717) is 13.0 Å². The highest BCUT2D eigenvalue weighted by molar-refractivity contribution is 7.86. The minimum absolute atomic E-state index is 0.00277. The number of pyridine rings is 1. The summed E-state index contributed by atoms with van der Waals surface area (Å²) < 4.78 is 76.9. The van der Waals surface area contributed by atoms with E-state index in [2.05, 4.69) is 19.7 Å². The highest BCUT2D eigenvalue weighted by atomic mass is 32.2. The Labute approximate surface area is 223 Å². The van der Waals surface area contributed by atoms with Gasteiger partial charge in [-0.3, -0.25) is 9.71 Å². The molecule has 3 aromatic rings. The van der Waals surface area contributed by atoms with Crippen LogP contribution in [-0.2, 0) is 11.0 Å². The largest absolute Gasteiger partial charge is 0.494 e. The van der Waals surface area contributed by atoms with Gasteiger partial charge in [-0.25, -0.2) is 31.7 Å². The van der Waals surface area contributed by atoms with Gasteiger partial charge in [0.2, 0.25) is 0 Å². The van der Waals surface area contributed by atoms with Gasteiger partial charge in [-0.05, 0) is 25.0 Å². The minimum atomic E-state index is -3.08. The fourth-order valence-corrected chi connectivity index (χ4v) is 5.33. The van der Waals surface area contributed by atoms with Crippen LogP contribution in [-0.4, -0.2) is 62.5 Å². The second kappa shape index (κ2) is 11.2. The van der Waals surface area contributed by atoms with Crippen molar-refractivity contribution < 1.29 is 31.6 Å². The topological polar surface area (TPSA) is 179 Å². The second-order valence-corrected chi connectivity index (χ2v) is 10.1. The molecular weight excluding hydrogens is 544 g/mol. The van der Waals surface area contributed by atoms with Gasteiger partial charge in [0.15, 0.2) is 34.2 Å². The fraction of sp³-hybridized carbons (Fsp3) is 0.348. The van der Waals surface area contributed by atoms with E-state index in [4.69, 9.17) is 21.9 Å². The first-order chi connectivity index (χ1) is 18.4. The average Bonchev–Trinajstić information content (AvgIpc) is 2.91. The van der Waals surface area contributed by atoms with Crippen LogP contribution in [0.25, 0.3) is 11.3 Å². The van der Waals surface area contributed by atoms with Crippen molar-refractivity contribution in [2.75, 3.05) is 41.3 Å². The van der Waals surface area contributed by atoms with E-state index in [9.17, 15) is 26.9 Å². The molecule has 2 aromatic heterocycles. The number of halogens is 4. The first-order valence-corrected chi connectivity index (χ1v) is 12.7. The summed E-state index contributed by atoms with van der Waals surface area (Å²) >= 11 is 0. The quantitative estimate of drug-likeness (QED) is 0.252. The standard InChI is InChI=1S/C23H26F4N8O3S/c1-38-16-6-12(24)11(5-13(16)25)14-7-17(39(37)34-22-18(28)21(29)32-10-33-22)15(8-31-14)35-4-2-3-23(30,9-35)19(36)20(26)27/h5-8,10,19-20,36H,2-4,9,28,30H2,1H3,(H3,29,32,33,34)/t19-,23-,39?/m1/s1. The number of nitrogens with one attached hydrogen (secondary N) is 1. The summed E-state index contributed by atoms with van der Waals surface area (Å²) in [7, 11) is -0.978. The van der Waals surface area contributed by atoms with Crippen molar-refractivity contribution in [3.63, 3.8) is 0 Å². The molecule has 0 aliphatic carbocycles. The Morgan fingerprint density at radius 3 is 2.62 bits per heavy atom. The number of nitrogens with two attached hydrogens (primary N) is 3. The summed E-state index contributed by atoms with van der Waals surface area (Å²) in [6.45, 7) is 0.0755. The lowest BCUT2D eigenvalue weighted by atomic mass is 9.84. The molecule has 3 heterocycles. The molecule has 4 rings (SSSR count). The number of methoxy groups -OCH3 is 1. The minimum Gasteiger partial charge on any atom is -0.494 e. The second-order valence-electron chi connectivity index (χ2n) is 8.93. The highest BCUT2D eigenvalue weighted by Gasteiger charge is 2.43. The predicted molar refractivity (Wildman–Crippen MR) is 137 cm³/mol. The van der Waals surface area contributed by atoms with Crippen molar-refractivity contribution in [3.05, 3.63) is 42.4 Å². The van der Waals surface area contributed by atoms with E-state index < -0.39 is 40.7 Å². The molecule has 39 heavy (non-hydrogen) atoms. The number of aliphatic hydroxyl groups excluding tert-OH is 1. The molecule has 0 spiro atoms. The Balaban J connectivity index is 1.80. The third kappa shape index (κ3) is 5.67. The van der Waals surface area contributed by atoms with Crippen LogP contribution in [0.3, 0.4) is 0 Å². The van der Waals surface area contributed by atoms with Crippen molar-refractivity contribution >= 4 is 34.0 Å². The highest BCUT2D eigenvalue weighted by Crippen LogP contribution is 2.36. The van der Waals surface area contributed by atoms with Gasteiger partial charge in [0, 0.05) is 24.7 Å². The maximum absolute atomic E-state index is 14.8. The predicted octanol–water partition coefficient (Wildman–Crippen LogP) is 2.05. The van der Waals surface area contributed by atoms with E-state index in [-0.39, 0.29) is 57.9 Å². The Morgan fingerprint density at radius 1 is 1.18 bits per heavy atom. The molecule has 1 saturated heterocycles. The van der Waals surface area contributed by atoms with Gasteiger partial charge in [0.1, 0.15) is 23.9 Å². The molecule has 16 heteroatoms. The lowest BCUT2D eigenvalue weighted by molar-refractivity contribution is -0.0529. The van der Waals surface area contributed by atoms with Crippen LogP contribution in [0.1, 0.15) is 12.8 Å². The number of nitrogen functional groups attached to an aromatic ring is 2. The van der Waals surface area contributed by atoms with E-state index in [0.717, 1.165) is 18.5 Å². The zero-order valence-corrected chi connectivity index (χ0v) is 21.4. The van der Waals surface area contributed by atoms with Gasteiger partial charge >= 0.3 is 0 Å². The number of aliphatic hydroxyl groups is 1. The Morgan fingerprint density at radius 2 is 1.92 bits per heavy atom. The lowest BCUT2D eigenvalue weighted by Gasteiger charge is -2.44. The number of anilines is 4. The van der Waals surface area contributed by atoms with E-state index in [1.54, 1.807) is 4.90 Å². The molecule has 1 aliphatic heterocycles. The first-order valence-electron chi connectivity index (χ1n) is 11.5. The summed E-state index contributed by atoms with van der Waals surface area (Å²) in [5.74, 6) is -2.16. The molecule has 0 radical (unpaired) electrons. The van der Waals surface area contributed by atoms with Crippen molar-refractivity contribution in [1.29, 1.82) is 0 Å². The maximum Gasteiger partial charge on any atom is 0.265 e. The molecule has 1 fully saturated rings. The van der Waals surface area contributed by atoms with Crippen LogP contribution < -0.4 is 31.6 Å². The number of hydrogen-bond donors (Lipinski definition) is 5. The molecule has 8 N–H and O–H groups in total. The zero-order chi connectivity index (χ0) is 28.5. The van der Waals surface area contributed by atoms with E-state index in [1.807, 2.05) is 0 Å². The smallest absolute Gasteiger partial charge is 0.265 e. The van der Waals surface area contributed by atoms with Crippen LogP contribution in [0.4, 0.5) is 40.6 Å². The van der Waals surface area contributed by atoms with Crippen LogP contribution in [0.15, 0.2) is 35.6 Å². The molecule has 0 saturated carbocycles. The van der Waals surface area contributed by atoms with Gasteiger partial charge in [-0.1, -0.05) is 0 Å². The molecule has 0 bridgehead atoms. The molecule has 1 aliphatic rings. The number of nitrogens with zero attached hydrogens (tertiary/aromatic N) is 4. The third-order valence-corrected chi connectivity index (χ3v) is 7.50. The zero-order valence-electron chi connectivity index (χ0n) is 20.6. The summed E-state index contributed by atoms with van der Waals surface area (Å²) in [5.41, 5.74) is 15.9. The van der Waals surface area contributed by atoms with Crippen LogP contribution in [0.5, 0.6) is 5.75 Å². The van der Waals surface area contributed by atoms with Crippen molar-refractivity contribution in [3.8, 4) is 17.0 Å². The molecule has 1 unspecified atom stereocenters. The maximum atomic E-state index is 14.8. The third-order valence-electron chi connectivity index (χ3n) is 6.39. The molecule has 3 atom stereocenters. The summed E-state index contributed by atoms with van der Waals surface area (Å²) in [5, 5.41) is 10.1. The van der Waals surface area contributed by atoms with Crippen LogP contribution in [0, 0.1) is 11.6 Å². The number of aromatic nitrogens is 3.